The van der Waals surface area contributed by atoms with Crippen LogP contribution in [0, 0.1) is 0 Å². The maximum absolute atomic E-state index is 11.3. The molecule has 78 valence electrons. The minimum atomic E-state index is -4.69. The van der Waals surface area contributed by atoms with Crippen LogP contribution in [-0.2, 0) is 17.9 Å². The molecule has 0 atom stereocenters. The van der Waals surface area contributed by atoms with Crippen LogP contribution < -0.4 is 10.9 Å². The predicted octanol–water partition coefficient (Wildman–Crippen LogP) is -0.754. The molecular weight excluding hydrogens is 228 g/mol. The summed E-state index contributed by atoms with van der Waals surface area (Å²) in [5, 5.41) is 4.54. The van der Waals surface area contributed by atoms with Gasteiger partial charge in [-0.3, -0.25) is 0 Å². The van der Waals surface area contributed by atoms with Crippen LogP contribution in [0.2, 0.25) is 0 Å². The highest BCUT2D eigenvalue weighted by Gasteiger charge is 2.29. The van der Waals surface area contributed by atoms with Gasteiger partial charge >= 0.3 is 9.06 Å². The minimum absolute atomic E-state index is 0.151. The lowest BCUT2D eigenvalue weighted by molar-refractivity contribution is 0.583. The molecule has 1 aromatic carbocycles. The fourth-order valence-corrected chi connectivity index (χ4v) is 2.89. The first-order valence-electron chi connectivity index (χ1n) is 3.39. The van der Waals surface area contributed by atoms with Crippen LogP contribution in [0.3, 0.4) is 0 Å². The Bertz CT molecular complexity index is 547. The quantitative estimate of drug-likeness (QED) is 0.516. The van der Waals surface area contributed by atoms with Gasteiger partial charge in [0.1, 0.15) is 4.90 Å². The molecule has 0 radical (unpaired) electrons. The summed E-state index contributed by atoms with van der Waals surface area (Å²) in [6.07, 6.45) is 0. The van der Waals surface area contributed by atoms with E-state index in [1.165, 1.54) is 18.2 Å². The van der Waals surface area contributed by atoms with Gasteiger partial charge < -0.3 is 5.73 Å². The zero-order valence-corrected chi connectivity index (χ0v) is 8.55. The third kappa shape index (κ3) is 1.72. The lowest BCUT2D eigenvalue weighted by Crippen LogP contribution is -2.24. The SMILES string of the molecule is Nc1ccccc1S(=O)(=O)S(N)(=O)=O. The molecule has 0 bridgehead atoms. The molecule has 0 saturated heterocycles. The zero-order chi connectivity index (χ0) is 11.0. The summed E-state index contributed by atoms with van der Waals surface area (Å²) in [6, 6.07) is 5.19. The standard InChI is InChI=1S/C6H8N2O4S2/c7-5-3-1-2-4-6(5)13(9,10)14(8,11)12/h1-4H,7H2,(H2,8,11,12). The van der Waals surface area contributed by atoms with Crippen molar-refractivity contribution in [3.05, 3.63) is 24.3 Å². The smallest absolute Gasteiger partial charge is 0.319 e. The van der Waals surface area contributed by atoms with Gasteiger partial charge in [-0.2, -0.15) is 8.42 Å². The fourth-order valence-electron chi connectivity index (χ4n) is 0.833. The van der Waals surface area contributed by atoms with E-state index in [0.29, 0.717) is 0 Å². The van der Waals surface area contributed by atoms with Gasteiger partial charge in [-0.1, -0.05) is 12.1 Å². The average molecular weight is 236 g/mol. The number of para-hydroxylation sites is 1. The van der Waals surface area contributed by atoms with Crippen LogP contribution >= 0.6 is 0 Å². The zero-order valence-electron chi connectivity index (χ0n) is 6.91. The minimum Gasteiger partial charge on any atom is -0.398 e. The van der Waals surface area contributed by atoms with Gasteiger partial charge in [-0.15, -0.1) is 0 Å². The van der Waals surface area contributed by atoms with Crippen molar-refractivity contribution in [3.8, 4) is 0 Å². The Morgan fingerprint density at radius 2 is 1.50 bits per heavy atom. The summed E-state index contributed by atoms with van der Waals surface area (Å²) in [7, 11) is -9.27. The van der Waals surface area contributed by atoms with Crippen LogP contribution in [-0.4, -0.2) is 16.8 Å². The van der Waals surface area contributed by atoms with Crippen LogP contribution in [0.15, 0.2) is 29.2 Å². The summed E-state index contributed by atoms with van der Waals surface area (Å²) >= 11 is 0. The second-order valence-electron chi connectivity index (χ2n) is 2.48. The van der Waals surface area contributed by atoms with Crippen molar-refractivity contribution >= 4 is 23.6 Å². The molecule has 1 aromatic rings. The Hall–Kier alpha value is -1.12. The van der Waals surface area contributed by atoms with Gasteiger partial charge in [0, 0.05) is 0 Å². The Labute approximate surface area is 80.9 Å². The fraction of sp³-hybridized carbons (Fsp3) is 0. The Morgan fingerprint density at radius 3 is 1.93 bits per heavy atom. The van der Waals surface area contributed by atoms with Crippen molar-refractivity contribution in [2.45, 2.75) is 4.90 Å². The van der Waals surface area contributed by atoms with E-state index in [1.807, 2.05) is 0 Å². The number of hydrogen-bond donors (Lipinski definition) is 2. The summed E-state index contributed by atoms with van der Waals surface area (Å²) in [5.41, 5.74) is 5.15. The topological polar surface area (TPSA) is 120 Å². The van der Waals surface area contributed by atoms with E-state index < -0.39 is 22.8 Å². The molecule has 1 rings (SSSR count). The largest absolute Gasteiger partial charge is 0.398 e. The Morgan fingerprint density at radius 1 is 1.00 bits per heavy atom. The van der Waals surface area contributed by atoms with Gasteiger partial charge in [0.15, 0.2) is 0 Å². The van der Waals surface area contributed by atoms with E-state index >= 15 is 0 Å². The van der Waals surface area contributed by atoms with Crippen molar-refractivity contribution in [1.82, 2.24) is 0 Å². The monoisotopic (exact) mass is 236 g/mol. The number of anilines is 1. The third-order valence-corrected chi connectivity index (χ3v) is 5.39. The normalized spacial score (nSPS) is 12.6. The summed E-state index contributed by atoms with van der Waals surface area (Å²) in [6.45, 7) is 0. The molecule has 0 aliphatic carbocycles. The van der Waals surface area contributed by atoms with Crippen molar-refractivity contribution in [2.24, 2.45) is 5.14 Å². The molecule has 0 heterocycles. The highest BCUT2D eigenvalue weighted by Crippen LogP contribution is 2.20. The van der Waals surface area contributed by atoms with Gasteiger partial charge in [0.05, 0.1) is 5.69 Å². The van der Waals surface area contributed by atoms with E-state index in [9.17, 15) is 16.8 Å². The molecule has 14 heavy (non-hydrogen) atoms. The van der Waals surface area contributed by atoms with Gasteiger partial charge in [0.2, 0.25) is 0 Å². The number of benzene rings is 1. The second-order valence-corrected chi connectivity index (χ2v) is 7.53. The maximum atomic E-state index is 11.3. The highest BCUT2D eigenvalue weighted by molar-refractivity contribution is 8.66. The Balaban J connectivity index is 3.56. The van der Waals surface area contributed by atoms with E-state index in [-0.39, 0.29) is 5.69 Å². The maximum Gasteiger partial charge on any atom is 0.319 e. The number of hydrogen-bond acceptors (Lipinski definition) is 5. The molecule has 0 amide bonds. The number of nitrogens with two attached hydrogens (primary N) is 2. The first-order valence-corrected chi connectivity index (χ1v) is 6.94. The molecule has 0 fully saturated rings. The molecule has 0 aliphatic heterocycles. The molecule has 0 aromatic heterocycles. The van der Waals surface area contributed by atoms with E-state index in [2.05, 4.69) is 5.14 Å². The summed E-state index contributed by atoms with van der Waals surface area (Å²) < 4.78 is 44.0. The van der Waals surface area contributed by atoms with Gasteiger partial charge in [-0.05, 0) is 12.1 Å². The van der Waals surface area contributed by atoms with E-state index in [1.54, 1.807) is 0 Å². The summed E-state index contributed by atoms with van der Waals surface area (Å²) in [4.78, 5) is -0.498. The van der Waals surface area contributed by atoms with Crippen molar-refractivity contribution in [2.75, 3.05) is 5.73 Å². The average Bonchev–Trinajstić information content (AvgIpc) is 2.02. The van der Waals surface area contributed by atoms with Gasteiger partial charge in [-0.25, -0.2) is 13.6 Å². The van der Waals surface area contributed by atoms with Crippen LogP contribution in [0.1, 0.15) is 0 Å². The highest BCUT2D eigenvalue weighted by atomic mass is 33.2. The molecular formula is C6H8N2O4S2. The molecule has 0 spiro atoms. The lowest BCUT2D eigenvalue weighted by atomic mass is 10.3. The van der Waals surface area contributed by atoms with Crippen molar-refractivity contribution in [1.29, 1.82) is 0 Å². The number of rotatable bonds is 2. The van der Waals surface area contributed by atoms with Crippen LogP contribution in [0.25, 0.3) is 0 Å². The summed E-state index contributed by atoms with van der Waals surface area (Å²) in [5.74, 6) is 0. The molecule has 0 aliphatic rings. The van der Waals surface area contributed by atoms with Crippen molar-refractivity contribution in [3.63, 3.8) is 0 Å². The third-order valence-electron chi connectivity index (χ3n) is 1.49. The van der Waals surface area contributed by atoms with E-state index in [4.69, 9.17) is 5.73 Å². The lowest BCUT2D eigenvalue weighted by Gasteiger charge is -2.03. The Kier molecular flexibility index (Phi) is 2.52. The van der Waals surface area contributed by atoms with Crippen LogP contribution in [0.4, 0.5) is 5.69 Å². The predicted molar refractivity (Wildman–Crippen MR) is 51.1 cm³/mol. The molecule has 4 N–H and O–H groups in total. The van der Waals surface area contributed by atoms with Crippen molar-refractivity contribution < 1.29 is 16.8 Å². The van der Waals surface area contributed by atoms with E-state index in [0.717, 1.165) is 6.07 Å². The number of nitrogen functional groups attached to an aromatic ring is 1. The molecule has 8 heteroatoms. The molecule has 0 saturated carbocycles. The first-order chi connectivity index (χ1) is 6.27. The molecule has 0 unspecified atom stereocenters. The molecule has 6 nitrogen and oxygen atoms in total. The first kappa shape index (κ1) is 11.0. The second kappa shape index (κ2) is 3.23. The van der Waals surface area contributed by atoms with Gasteiger partial charge in [0.25, 0.3) is 8.87 Å². The van der Waals surface area contributed by atoms with Crippen LogP contribution in [0.5, 0.6) is 0 Å².